The third-order valence-electron chi connectivity index (χ3n) is 4.41. The van der Waals surface area contributed by atoms with Crippen molar-refractivity contribution < 1.29 is 4.79 Å². The highest BCUT2D eigenvalue weighted by atomic mass is 16.2. The summed E-state index contributed by atoms with van der Waals surface area (Å²) in [6.07, 6.45) is 0.880. The molecule has 5 nitrogen and oxygen atoms in total. The molecular weight excluding hydrogens is 312 g/mol. The summed E-state index contributed by atoms with van der Waals surface area (Å²) in [6, 6.07) is 10.3. The maximum Gasteiger partial charge on any atom is 0.269 e. The number of amides is 1. The summed E-state index contributed by atoms with van der Waals surface area (Å²) >= 11 is 0. The molecule has 0 saturated heterocycles. The summed E-state index contributed by atoms with van der Waals surface area (Å²) in [5, 5.41) is 7.52. The fourth-order valence-electron chi connectivity index (χ4n) is 3.07. The van der Waals surface area contributed by atoms with E-state index >= 15 is 0 Å². The van der Waals surface area contributed by atoms with Crippen LogP contribution >= 0.6 is 0 Å². The predicted molar refractivity (Wildman–Crippen MR) is 102 cm³/mol. The minimum absolute atomic E-state index is 0.0783. The van der Waals surface area contributed by atoms with Gasteiger partial charge in [0.2, 0.25) is 0 Å². The minimum atomic E-state index is -0.0783. The second-order valence-corrected chi connectivity index (χ2v) is 7.29. The van der Waals surface area contributed by atoms with Crippen molar-refractivity contribution >= 4 is 5.91 Å². The fraction of sp³-hybridized carbons (Fsp3) is 0.500. The molecule has 0 aliphatic rings. The molecule has 1 heterocycles. The number of hydrogen-bond donors (Lipinski definition) is 1. The first-order valence-electron chi connectivity index (χ1n) is 8.82. The zero-order valence-electron chi connectivity index (χ0n) is 16.2. The van der Waals surface area contributed by atoms with Crippen molar-refractivity contribution in [3.05, 3.63) is 52.8 Å². The van der Waals surface area contributed by atoms with Crippen molar-refractivity contribution in [1.29, 1.82) is 0 Å². The molecule has 1 aromatic heterocycles. The fourth-order valence-corrected chi connectivity index (χ4v) is 3.07. The summed E-state index contributed by atoms with van der Waals surface area (Å²) in [5.74, 6) is 0.440. The number of hydrogen-bond acceptors (Lipinski definition) is 3. The van der Waals surface area contributed by atoms with Gasteiger partial charge in [0.05, 0.1) is 11.7 Å². The van der Waals surface area contributed by atoms with Crippen LogP contribution in [0.25, 0.3) is 0 Å². The van der Waals surface area contributed by atoms with Crippen molar-refractivity contribution in [3.63, 3.8) is 0 Å². The molecular formula is C20H30N4O. The Labute approximate surface area is 151 Å². The smallest absolute Gasteiger partial charge is 0.269 e. The van der Waals surface area contributed by atoms with Crippen LogP contribution in [0, 0.1) is 12.8 Å². The molecule has 5 heteroatoms. The molecule has 0 unspecified atom stereocenters. The number of likely N-dealkylation sites (N-methyl/N-ethyl adjacent to an activating group) is 1. The molecule has 0 saturated carbocycles. The molecule has 1 aromatic carbocycles. The van der Waals surface area contributed by atoms with Crippen LogP contribution in [0.3, 0.4) is 0 Å². The Kier molecular flexibility index (Phi) is 6.37. The van der Waals surface area contributed by atoms with Crippen LogP contribution in [-0.4, -0.2) is 41.2 Å². The predicted octanol–water partition coefficient (Wildman–Crippen LogP) is 2.96. The van der Waals surface area contributed by atoms with Crippen LogP contribution < -0.4 is 5.32 Å². The molecule has 0 bridgehead atoms. The number of carbonyl (C=O) groups excluding carboxylic acids is 1. The number of aromatic nitrogens is 2. The van der Waals surface area contributed by atoms with Gasteiger partial charge in [0.1, 0.15) is 5.69 Å². The Morgan fingerprint density at radius 1 is 1.28 bits per heavy atom. The van der Waals surface area contributed by atoms with E-state index < -0.39 is 0 Å². The lowest BCUT2D eigenvalue weighted by Gasteiger charge is -2.26. The van der Waals surface area contributed by atoms with Gasteiger partial charge in [0, 0.05) is 13.6 Å². The quantitative estimate of drug-likeness (QED) is 0.842. The van der Waals surface area contributed by atoms with E-state index in [1.54, 1.807) is 4.68 Å². The largest absolute Gasteiger partial charge is 0.349 e. The highest BCUT2D eigenvalue weighted by molar-refractivity contribution is 5.92. The van der Waals surface area contributed by atoms with Crippen LogP contribution in [0.4, 0.5) is 0 Å². The summed E-state index contributed by atoms with van der Waals surface area (Å²) in [7, 11) is 5.89. The van der Waals surface area contributed by atoms with Crippen LogP contribution in [0.2, 0.25) is 0 Å². The van der Waals surface area contributed by atoms with E-state index in [1.165, 1.54) is 11.1 Å². The zero-order chi connectivity index (χ0) is 18.6. The topological polar surface area (TPSA) is 50.2 Å². The normalized spacial score (nSPS) is 12.6. The molecule has 0 aliphatic carbocycles. The molecule has 136 valence electrons. The highest BCUT2D eigenvalue weighted by Crippen LogP contribution is 2.21. The lowest BCUT2D eigenvalue weighted by Crippen LogP contribution is -2.35. The van der Waals surface area contributed by atoms with E-state index in [4.69, 9.17) is 0 Å². The van der Waals surface area contributed by atoms with Crippen LogP contribution in [0.5, 0.6) is 0 Å². The monoisotopic (exact) mass is 342 g/mol. The standard InChI is InChI=1S/C20H30N4O/c1-14(2)11-16-12-18(24(6)22-16)20(25)21-13-19(23(4)5)17-10-8-7-9-15(17)3/h7-10,12,14,19H,11,13H2,1-6H3,(H,21,25)/t19-/m0/s1. The Hall–Kier alpha value is -2.14. The summed E-state index contributed by atoms with van der Waals surface area (Å²) in [5.41, 5.74) is 4.04. The maximum absolute atomic E-state index is 12.6. The number of carbonyl (C=O) groups is 1. The first-order chi connectivity index (χ1) is 11.8. The Bertz CT molecular complexity index is 718. The molecule has 1 amide bonds. The number of nitrogens with zero attached hydrogens (tertiary/aromatic N) is 3. The second kappa shape index (κ2) is 8.30. The molecule has 1 atom stereocenters. The molecule has 2 aromatic rings. The molecule has 0 spiro atoms. The van der Waals surface area contributed by atoms with Crippen molar-refractivity contribution in [1.82, 2.24) is 20.0 Å². The highest BCUT2D eigenvalue weighted by Gasteiger charge is 2.19. The molecule has 0 radical (unpaired) electrons. The van der Waals surface area contributed by atoms with Gasteiger partial charge in [-0.05, 0) is 50.6 Å². The first-order valence-corrected chi connectivity index (χ1v) is 8.82. The zero-order valence-corrected chi connectivity index (χ0v) is 16.2. The Morgan fingerprint density at radius 3 is 2.56 bits per heavy atom. The molecule has 0 fully saturated rings. The van der Waals surface area contributed by atoms with E-state index in [-0.39, 0.29) is 11.9 Å². The van der Waals surface area contributed by atoms with Gasteiger partial charge in [-0.3, -0.25) is 9.48 Å². The van der Waals surface area contributed by atoms with E-state index in [1.807, 2.05) is 39.3 Å². The van der Waals surface area contributed by atoms with E-state index in [0.29, 0.717) is 18.2 Å². The van der Waals surface area contributed by atoms with Crippen molar-refractivity contribution in [2.75, 3.05) is 20.6 Å². The van der Waals surface area contributed by atoms with Crippen LogP contribution in [0.1, 0.15) is 47.2 Å². The molecule has 0 aliphatic heterocycles. The minimum Gasteiger partial charge on any atom is -0.349 e. The van der Waals surface area contributed by atoms with Crippen molar-refractivity contribution in [3.8, 4) is 0 Å². The Morgan fingerprint density at radius 2 is 1.96 bits per heavy atom. The van der Waals surface area contributed by atoms with Crippen LogP contribution in [0.15, 0.2) is 30.3 Å². The lowest BCUT2D eigenvalue weighted by molar-refractivity contribution is 0.0932. The van der Waals surface area contributed by atoms with E-state index in [9.17, 15) is 4.79 Å². The van der Waals surface area contributed by atoms with Gasteiger partial charge in [0.15, 0.2) is 0 Å². The van der Waals surface area contributed by atoms with Gasteiger partial charge >= 0.3 is 0 Å². The first kappa shape index (κ1) is 19.2. The van der Waals surface area contributed by atoms with Gasteiger partial charge < -0.3 is 10.2 Å². The number of nitrogens with one attached hydrogen (secondary N) is 1. The SMILES string of the molecule is Cc1ccccc1[C@H](CNC(=O)c1cc(CC(C)C)nn1C)N(C)C. The van der Waals surface area contributed by atoms with E-state index in [2.05, 4.69) is 48.2 Å². The average molecular weight is 342 g/mol. The summed E-state index contributed by atoms with van der Waals surface area (Å²) in [6.45, 7) is 6.96. The molecule has 2 rings (SSSR count). The van der Waals surface area contributed by atoms with Gasteiger partial charge in [-0.25, -0.2) is 0 Å². The number of benzene rings is 1. The third kappa shape index (κ3) is 4.92. The molecule has 25 heavy (non-hydrogen) atoms. The van der Waals surface area contributed by atoms with Gasteiger partial charge in [-0.2, -0.15) is 5.10 Å². The van der Waals surface area contributed by atoms with Crippen molar-refractivity contribution in [2.24, 2.45) is 13.0 Å². The van der Waals surface area contributed by atoms with Gasteiger partial charge in [-0.1, -0.05) is 38.1 Å². The molecule has 1 N–H and O–H groups in total. The van der Waals surface area contributed by atoms with Gasteiger partial charge in [-0.15, -0.1) is 0 Å². The third-order valence-corrected chi connectivity index (χ3v) is 4.41. The van der Waals surface area contributed by atoms with E-state index in [0.717, 1.165) is 12.1 Å². The van der Waals surface area contributed by atoms with Crippen LogP contribution in [-0.2, 0) is 13.5 Å². The Balaban J connectivity index is 2.09. The van der Waals surface area contributed by atoms with Gasteiger partial charge in [0.25, 0.3) is 5.91 Å². The number of aryl methyl sites for hydroxylation is 2. The maximum atomic E-state index is 12.6. The summed E-state index contributed by atoms with van der Waals surface area (Å²) in [4.78, 5) is 14.8. The summed E-state index contributed by atoms with van der Waals surface area (Å²) < 4.78 is 1.67. The van der Waals surface area contributed by atoms with Crippen molar-refractivity contribution in [2.45, 2.75) is 33.2 Å². The lowest BCUT2D eigenvalue weighted by atomic mass is 10.0. The number of rotatable bonds is 7. The average Bonchev–Trinajstić information content (AvgIpc) is 2.88. The second-order valence-electron chi connectivity index (χ2n) is 7.29.